The molecule has 0 aliphatic rings. The van der Waals surface area contributed by atoms with Crippen molar-refractivity contribution in [1.29, 1.82) is 0 Å². The number of carbonyl (C=O) groups is 1. The Balaban J connectivity index is 2.61. The zero-order chi connectivity index (χ0) is 10.4. The Bertz CT molecular complexity index is 279. The molecule has 0 amide bonds. The molecule has 0 N–H and O–H groups in total. The van der Waals surface area contributed by atoms with E-state index in [1.54, 1.807) is 0 Å². The van der Waals surface area contributed by atoms with Crippen molar-refractivity contribution in [3.05, 3.63) is 35.9 Å². The third-order valence-electron chi connectivity index (χ3n) is 2.15. The van der Waals surface area contributed by atoms with Gasteiger partial charge in [0.05, 0.1) is 6.04 Å². The predicted octanol–water partition coefficient (Wildman–Crippen LogP) is 2.11. The zero-order valence-electron chi connectivity index (χ0n) is 8.18. The number of hydrogen-bond acceptors (Lipinski definition) is 2. The highest BCUT2D eigenvalue weighted by Crippen LogP contribution is 2.27. The Morgan fingerprint density at radius 3 is 2.64 bits per heavy atom. The van der Waals surface area contributed by atoms with Crippen molar-refractivity contribution in [3.8, 4) is 0 Å². The fourth-order valence-electron chi connectivity index (χ4n) is 1.23. The van der Waals surface area contributed by atoms with Gasteiger partial charge in [0.15, 0.2) is 0 Å². The minimum absolute atomic E-state index is 0.00627. The van der Waals surface area contributed by atoms with Crippen molar-refractivity contribution in [2.45, 2.75) is 12.5 Å². The van der Waals surface area contributed by atoms with Crippen LogP contribution < -0.4 is 0 Å². The normalized spacial score (nSPS) is 13.6. The van der Waals surface area contributed by atoms with Crippen LogP contribution in [0.15, 0.2) is 30.3 Å². The third kappa shape index (κ3) is 3.46. The summed E-state index contributed by atoms with van der Waals surface area (Å²) in [4.78, 5) is 10.9. The van der Waals surface area contributed by atoms with Gasteiger partial charge in [0.2, 0.25) is 0 Å². The summed E-state index contributed by atoms with van der Waals surface area (Å²) in [5.74, 6) is 0. The second-order valence-corrected chi connectivity index (χ2v) is 4.87. The smallest absolute Gasteiger partial charge is 0.137 e. The van der Waals surface area contributed by atoms with Crippen LogP contribution in [-0.4, -0.2) is 24.0 Å². The van der Waals surface area contributed by atoms with Crippen molar-refractivity contribution in [3.63, 3.8) is 0 Å². The Labute approximate surface area is 89.0 Å². The van der Waals surface area contributed by atoms with Gasteiger partial charge in [-0.15, -0.1) is 0 Å². The van der Waals surface area contributed by atoms with Gasteiger partial charge >= 0.3 is 0 Å². The van der Waals surface area contributed by atoms with Crippen LogP contribution in [0.2, 0.25) is 0 Å². The molecule has 0 aliphatic heterocycles. The summed E-state index contributed by atoms with van der Waals surface area (Å²) < 4.78 is 2.05. The lowest BCUT2D eigenvalue weighted by Gasteiger charge is -2.21. The van der Waals surface area contributed by atoms with Crippen LogP contribution in [0.5, 0.6) is 0 Å². The molecule has 1 aromatic rings. The van der Waals surface area contributed by atoms with E-state index in [0.29, 0.717) is 8.42 Å². The van der Waals surface area contributed by atoms with Crippen LogP contribution in [0.4, 0.5) is 0 Å². The molecule has 0 saturated carbocycles. The summed E-state index contributed by atoms with van der Waals surface area (Å²) in [6, 6.07) is 10.1. The molecule has 0 spiro atoms. The van der Waals surface area contributed by atoms with E-state index in [2.05, 4.69) is 21.1 Å². The summed E-state index contributed by atoms with van der Waals surface area (Å²) in [7, 11) is 5.21. The fourth-order valence-corrected chi connectivity index (χ4v) is 2.15. The van der Waals surface area contributed by atoms with Gasteiger partial charge in [-0.05, 0) is 27.5 Å². The molecule has 2 nitrogen and oxygen atoms in total. The molecule has 0 heterocycles. The lowest BCUT2D eigenvalue weighted by Crippen LogP contribution is -2.27. The molecule has 1 aromatic carbocycles. The van der Waals surface area contributed by atoms with E-state index in [0.717, 1.165) is 12.7 Å². The molecule has 0 bridgehead atoms. The Morgan fingerprint density at radius 2 is 2.14 bits per heavy atom. The Kier molecular flexibility index (Phi) is 5.25. The minimum atomic E-state index is -0.00627. The maximum absolute atomic E-state index is 10.9. The third-order valence-corrected chi connectivity index (χ3v) is 4.11. The number of nitrogens with zero attached hydrogens (tertiary/aromatic N) is 1. The highest BCUT2D eigenvalue weighted by Gasteiger charge is 2.12. The topological polar surface area (TPSA) is 20.3 Å². The second-order valence-electron chi connectivity index (χ2n) is 3.13. The molecule has 0 aromatic heterocycles. The lowest BCUT2D eigenvalue weighted by atomic mass is 10.1. The first kappa shape index (κ1) is 11.8. The number of hydrogen-bond donors (Lipinski definition) is 0. The highest BCUT2D eigenvalue weighted by molar-refractivity contribution is 8.01. The van der Waals surface area contributed by atoms with E-state index in [-0.39, 0.29) is 6.04 Å². The van der Waals surface area contributed by atoms with Crippen LogP contribution in [0.25, 0.3) is 0 Å². The van der Waals surface area contributed by atoms with Gasteiger partial charge in [-0.25, -0.2) is 0 Å². The SMILES string of the molecule is CN(PP)[C@H](C=O)Cc1ccccc1. The van der Waals surface area contributed by atoms with Crippen LogP contribution in [-0.2, 0) is 11.2 Å². The molecule has 14 heavy (non-hydrogen) atoms. The van der Waals surface area contributed by atoms with Crippen LogP contribution >= 0.6 is 17.3 Å². The maximum atomic E-state index is 10.9. The molecule has 0 fully saturated rings. The molecule has 0 saturated heterocycles. The largest absolute Gasteiger partial charge is 0.302 e. The minimum Gasteiger partial charge on any atom is -0.302 e. The summed E-state index contributed by atoms with van der Waals surface area (Å²) in [5, 5.41) is 0. The number of aldehydes is 1. The molecule has 4 heteroatoms. The van der Waals surface area contributed by atoms with E-state index in [4.69, 9.17) is 0 Å². The van der Waals surface area contributed by atoms with Crippen molar-refractivity contribution in [2.24, 2.45) is 0 Å². The number of carbonyl (C=O) groups excluding carboxylic acids is 1. The van der Waals surface area contributed by atoms with Crippen molar-refractivity contribution in [1.82, 2.24) is 4.67 Å². The summed E-state index contributed by atoms with van der Waals surface area (Å²) in [5.41, 5.74) is 1.21. The molecule has 0 aliphatic carbocycles. The standard InChI is InChI=1S/C10H15NOP2/c1-11(14-13)10(8-12)7-9-5-3-2-4-6-9/h2-6,8,10,14H,7,13H2,1H3/t10-/m0/s1. The average molecular weight is 227 g/mol. The van der Waals surface area contributed by atoms with Gasteiger partial charge in [0, 0.05) is 0 Å². The second kappa shape index (κ2) is 6.24. The predicted molar refractivity (Wildman–Crippen MR) is 65.8 cm³/mol. The first-order valence-corrected chi connectivity index (χ1v) is 7.22. The summed E-state index contributed by atoms with van der Waals surface area (Å²) >= 11 is 0. The number of benzene rings is 1. The van der Waals surface area contributed by atoms with Gasteiger partial charge in [-0.3, -0.25) is 4.67 Å². The highest BCUT2D eigenvalue weighted by atomic mass is 32.0. The number of rotatable bonds is 5. The average Bonchev–Trinajstić information content (AvgIpc) is 2.26. The van der Waals surface area contributed by atoms with E-state index in [1.165, 1.54) is 5.56 Å². The van der Waals surface area contributed by atoms with Gasteiger partial charge < -0.3 is 4.79 Å². The van der Waals surface area contributed by atoms with E-state index < -0.39 is 0 Å². The van der Waals surface area contributed by atoms with Gasteiger partial charge in [-0.1, -0.05) is 39.3 Å². The van der Waals surface area contributed by atoms with Crippen molar-refractivity contribution < 1.29 is 4.79 Å². The molecule has 76 valence electrons. The molecular weight excluding hydrogens is 212 g/mol. The molecule has 0 radical (unpaired) electrons. The fraction of sp³-hybridized carbons (Fsp3) is 0.300. The van der Waals surface area contributed by atoms with Gasteiger partial charge in [0.25, 0.3) is 0 Å². The molecule has 1 rings (SSSR count). The number of likely N-dealkylation sites (N-methyl/N-ethyl adjacent to an activating group) is 1. The van der Waals surface area contributed by atoms with E-state index in [1.807, 2.05) is 29.9 Å². The Morgan fingerprint density at radius 1 is 1.50 bits per heavy atom. The summed E-state index contributed by atoms with van der Waals surface area (Å²) in [6.45, 7) is 0. The maximum Gasteiger partial charge on any atom is 0.137 e. The first-order valence-electron chi connectivity index (χ1n) is 4.46. The van der Waals surface area contributed by atoms with E-state index >= 15 is 0 Å². The zero-order valence-corrected chi connectivity index (χ0v) is 10.3. The lowest BCUT2D eigenvalue weighted by molar-refractivity contribution is -0.110. The quantitative estimate of drug-likeness (QED) is 0.567. The monoisotopic (exact) mass is 227 g/mol. The summed E-state index contributed by atoms with van der Waals surface area (Å²) in [6.07, 6.45) is 1.81. The Hall–Kier alpha value is -0.290. The van der Waals surface area contributed by atoms with E-state index in [9.17, 15) is 4.79 Å². The van der Waals surface area contributed by atoms with Crippen LogP contribution in [0.3, 0.4) is 0 Å². The van der Waals surface area contributed by atoms with Crippen LogP contribution in [0, 0.1) is 0 Å². The van der Waals surface area contributed by atoms with Crippen LogP contribution in [0.1, 0.15) is 5.56 Å². The van der Waals surface area contributed by atoms with Crippen molar-refractivity contribution in [2.75, 3.05) is 7.05 Å². The molecule has 2 unspecified atom stereocenters. The molecule has 3 atom stereocenters. The van der Waals surface area contributed by atoms with Gasteiger partial charge in [0.1, 0.15) is 6.29 Å². The van der Waals surface area contributed by atoms with Crippen molar-refractivity contribution >= 4 is 23.6 Å². The van der Waals surface area contributed by atoms with Gasteiger partial charge in [-0.2, -0.15) is 0 Å². The first-order chi connectivity index (χ1) is 6.77. The molecular formula is C10H15NOP2.